The Morgan fingerprint density at radius 2 is 1.64 bits per heavy atom. The van der Waals surface area contributed by atoms with E-state index < -0.39 is 0 Å². The van der Waals surface area contributed by atoms with Crippen molar-refractivity contribution in [1.29, 1.82) is 0 Å². The molecule has 0 aromatic rings. The molecule has 2 fully saturated rings. The van der Waals surface area contributed by atoms with Crippen molar-refractivity contribution in [2.24, 2.45) is 17.8 Å². The van der Waals surface area contributed by atoms with Gasteiger partial charge in [-0.05, 0) is 56.3 Å². The van der Waals surface area contributed by atoms with Gasteiger partial charge in [0.05, 0.1) is 6.42 Å². The maximum absolute atomic E-state index is 11.5. The zero-order valence-electron chi connectivity index (χ0n) is 14.4. The van der Waals surface area contributed by atoms with Gasteiger partial charge >= 0.3 is 5.97 Å². The third-order valence-corrected chi connectivity index (χ3v) is 5.85. The van der Waals surface area contributed by atoms with Crippen molar-refractivity contribution in [3.63, 3.8) is 0 Å². The minimum Gasteiger partial charge on any atom is -0.462 e. The third kappa shape index (κ3) is 5.44. The van der Waals surface area contributed by atoms with Crippen LogP contribution in [0.3, 0.4) is 0 Å². The lowest BCUT2D eigenvalue weighted by Gasteiger charge is -2.37. The molecule has 0 aromatic heterocycles. The zero-order chi connectivity index (χ0) is 15.8. The van der Waals surface area contributed by atoms with E-state index >= 15 is 0 Å². The maximum atomic E-state index is 11.5. The first-order valence-electron chi connectivity index (χ1n) is 9.53. The lowest BCUT2D eigenvalue weighted by molar-refractivity contribution is -0.150. The van der Waals surface area contributed by atoms with Crippen LogP contribution in [-0.2, 0) is 9.53 Å². The first kappa shape index (κ1) is 17.6. The average molecular weight is 306 g/mol. The van der Waals surface area contributed by atoms with Gasteiger partial charge < -0.3 is 4.74 Å². The van der Waals surface area contributed by atoms with Gasteiger partial charge in [0.15, 0.2) is 0 Å². The summed E-state index contributed by atoms with van der Waals surface area (Å²) in [6.45, 7) is 5.89. The number of esters is 1. The first-order chi connectivity index (χ1) is 10.7. The molecule has 0 radical (unpaired) electrons. The number of unbranched alkanes of at least 4 members (excludes halogenated alkanes) is 1. The van der Waals surface area contributed by atoms with Crippen molar-refractivity contribution >= 4 is 5.97 Å². The van der Waals surface area contributed by atoms with Gasteiger partial charge in [-0.2, -0.15) is 0 Å². The molecule has 2 heteroatoms. The lowest BCUT2D eigenvalue weighted by Crippen LogP contribution is -2.29. The van der Waals surface area contributed by atoms with Gasteiger partial charge in [-0.25, -0.2) is 0 Å². The molecule has 0 amide bonds. The van der Waals surface area contributed by atoms with Crippen LogP contribution in [0.25, 0.3) is 0 Å². The van der Waals surface area contributed by atoms with Crippen LogP contribution in [0.2, 0.25) is 0 Å². The summed E-state index contributed by atoms with van der Waals surface area (Å²) >= 11 is 0. The standard InChI is InChI=1S/C20H34O2/c1-3-5-7-16-8-10-17(11-9-16)18-12-14-19(15-13-18)22-20(21)6-4-2/h4,16-19H,2-3,5-15H2,1H3/t16-,17-,18?,19?. The molecule has 126 valence electrons. The van der Waals surface area contributed by atoms with Crippen LogP contribution in [0.5, 0.6) is 0 Å². The molecule has 0 spiro atoms. The summed E-state index contributed by atoms with van der Waals surface area (Å²) in [4.78, 5) is 11.5. The summed E-state index contributed by atoms with van der Waals surface area (Å²) in [7, 11) is 0. The van der Waals surface area contributed by atoms with Crippen LogP contribution in [0.1, 0.15) is 84.0 Å². The summed E-state index contributed by atoms with van der Waals surface area (Å²) in [6, 6.07) is 0. The number of carbonyl (C=O) groups excluding carboxylic acids is 1. The number of hydrogen-bond acceptors (Lipinski definition) is 2. The molecular weight excluding hydrogens is 272 g/mol. The van der Waals surface area contributed by atoms with E-state index in [1.54, 1.807) is 6.08 Å². The Morgan fingerprint density at radius 1 is 1.05 bits per heavy atom. The van der Waals surface area contributed by atoms with Crippen molar-refractivity contribution in [1.82, 2.24) is 0 Å². The van der Waals surface area contributed by atoms with E-state index in [-0.39, 0.29) is 12.1 Å². The van der Waals surface area contributed by atoms with Crippen LogP contribution in [-0.4, -0.2) is 12.1 Å². The van der Waals surface area contributed by atoms with E-state index in [1.807, 2.05) is 0 Å². The summed E-state index contributed by atoms with van der Waals surface area (Å²) in [6.07, 6.45) is 16.8. The Balaban J connectivity index is 1.65. The molecule has 2 rings (SSSR count). The van der Waals surface area contributed by atoms with E-state index in [2.05, 4.69) is 13.5 Å². The van der Waals surface area contributed by atoms with E-state index in [4.69, 9.17) is 4.74 Å². The Kier molecular flexibility index (Phi) is 7.48. The highest BCUT2D eigenvalue weighted by atomic mass is 16.5. The highest BCUT2D eigenvalue weighted by Gasteiger charge is 2.31. The molecule has 2 aliphatic carbocycles. The molecule has 2 nitrogen and oxygen atoms in total. The largest absolute Gasteiger partial charge is 0.462 e. The van der Waals surface area contributed by atoms with Gasteiger partial charge in [-0.3, -0.25) is 4.79 Å². The molecule has 2 aliphatic rings. The fourth-order valence-electron chi connectivity index (χ4n) is 4.47. The molecule has 0 aliphatic heterocycles. The first-order valence-corrected chi connectivity index (χ1v) is 9.53. The summed E-state index contributed by atoms with van der Waals surface area (Å²) in [5.74, 6) is 2.74. The van der Waals surface area contributed by atoms with E-state index in [9.17, 15) is 4.79 Å². The zero-order valence-corrected chi connectivity index (χ0v) is 14.4. The van der Waals surface area contributed by atoms with Crippen molar-refractivity contribution < 1.29 is 9.53 Å². The second-order valence-corrected chi connectivity index (χ2v) is 7.44. The smallest absolute Gasteiger partial charge is 0.309 e. The molecule has 2 saturated carbocycles. The highest BCUT2D eigenvalue weighted by molar-refractivity contribution is 5.71. The van der Waals surface area contributed by atoms with Gasteiger partial charge in [-0.15, -0.1) is 6.58 Å². The van der Waals surface area contributed by atoms with Crippen LogP contribution >= 0.6 is 0 Å². The predicted octanol–water partition coefficient (Wildman–Crippen LogP) is 5.66. The highest BCUT2D eigenvalue weighted by Crippen LogP contribution is 2.41. The van der Waals surface area contributed by atoms with E-state index in [0.29, 0.717) is 6.42 Å². The van der Waals surface area contributed by atoms with Gasteiger partial charge in [0.25, 0.3) is 0 Å². The van der Waals surface area contributed by atoms with Gasteiger partial charge in [0.1, 0.15) is 6.10 Å². The molecule has 0 heterocycles. The number of carbonyl (C=O) groups is 1. The van der Waals surface area contributed by atoms with Crippen molar-refractivity contribution in [3.05, 3.63) is 12.7 Å². The van der Waals surface area contributed by atoms with E-state index in [0.717, 1.165) is 30.6 Å². The molecule has 22 heavy (non-hydrogen) atoms. The second kappa shape index (κ2) is 9.37. The molecule has 0 bridgehead atoms. The number of ether oxygens (including phenoxy) is 1. The van der Waals surface area contributed by atoms with Gasteiger partial charge in [0, 0.05) is 0 Å². The topological polar surface area (TPSA) is 26.3 Å². The third-order valence-electron chi connectivity index (χ3n) is 5.85. The minimum atomic E-state index is -0.102. The van der Waals surface area contributed by atoms with Gasteiger partial charge in [0.2, 0.25) is 0 Å². The Hall–Kier alpha value is -0.790. The van der Waals surface area contributed by atoms with Crippen LogP contribution in [0.15, 0.2) is 12.7 Å². The van der Waals surface area contributed by atoms with Crippen molar-refractivity contribution in [3.8, 4) is 0 Å². The van der Waals surface area contributed by atoms with E-state index in [1.165, 1.54) is 57.8 Å². The van der Waals surface area contributed by atoms with Gasteiger partial charge in [-0.1, -0.05) is 45.1 Å². The fourth-order valence-corrected chi connectivity index (χ4v) is 4.47. The fraction of sp³-hybridized carbons (Fsp3) is 0.850. The second-order valence-electron chi connectivity index (χ2n) is 7.44. The summed E-state index contributed by atoms with van der Waals surface area (Å²) in [5, 5.41) is 0. The van der Waals surface area contributed by atoms with Crippen LogP contribution in [0, 0.1) is 17.8 Å². The molecule has 0 atom stereocenters. The SMILES string of the molecule is C=CCC(=O)OC1CCC([C@H]2CC[C@H](CCCC)CC2)CC1. The number of hydrogen-bond donors (Lipinski definition) is 0. The molecular formula is C20H34O2. The quantitative estimate of drug-likeness (QED) is 0.448. The van der Waals surface area contributed by atoms with Crippen molar-refractivity contribution in [2.75, 3.05) is 0 Å². The summed E-state index contributed by atoms with van der Waals surface area (Å²) < 4.78 is 5.52. The maximum Gasteiger partial charge on any atom is 0.309 e. The Morgan fingerprint density at radius 3 is 2.18 bits per heavy atom. The van der Waals surface area contributed by atoms with Crippen LogP contribution < -0.4 is 0 Å². The molecule has 0 saturated heterocycles. The Labute approximate surface area is 136 Å². The molecule has 0 N–H and O–H groups in total. The monoisotopic (exact) mass is 306 g/mol. The predicted molar refractivity (Wildman–Crippen MR) is 91.6 cm³/mol. The normalized spacial score (nSPS) is 32.4. The molecule has 0 aromatic carbocycles. The number of rotatable bonds is 7. The van der Waals surface area contributed by atoms with Crippen molar-refractivity contribution in [2.45, 2.75) is 90.1 Å². The average Bonchev–Trinajstić information content (AvgIpc) is 2.54. The lowest BCUT2D eigenvalue weighted by atomic mass is 9.70. The molecule has 0 unspecified atom stereocenters. The summed E-state index contributed by atoms with van der Waals surface area (Å²) in [5.41, 5.74) is 0. The van der Waals surface area contributed by atoms with Crippen LogP contribution in [0.4, 0.5) is 0 Å². The Bertz CT molecular complexity index is 334. The minimum absolute atomic E-state index is 0.102.